The molecule has 0 saturated carbocycles. The fraction of sp³-hybridized carbons (Fsp3) is 0.200. The largest absolute Gasteiger partial charge is 0.311 e. The van der Waals surface area contributed by atoms with E-state index in [-0.39, 0.29) is 11.5 Å². The van der Waals surface area contributed by atoms with Crippen LogP contribution in [0.3, 0.4) is 0 Å². The maximum atomic E-state index is 12.9. The van der Waals surface area contributed by atoms with Gasteiger partial charge in [0.15, 0.2) is 5.82 Å². The molecule has 3 aromatic rings. The molecule has 1 fully saturated rings. The van der Waals surface area contributed by atoms with Crippen molar-refractivity contribution in [3.63, 3.8) is 0 Å². The molecule has 0 bridgehead atoms. The fourth-order valence-corrected chi connectivity index (χ4v) is 3.35. The molecule has 1 aromatic carbocycles. The fourth-order valence-electron chi connectivity index (χ4n) is 3.35. The second-order valence-electron chi connectivity index (χ2n) is 6.47. The number of pyridine rings is 1. The lowest BCUT2D eigenvalue weighted by Gasteiger charge is -2.15. The molecule has 7 nitrogen and oxygen atoms in total. The maximum Gasteiger partial charge on any atom is 0.280 e. The zero-order valence-corrected chi connectivity index (χ0v) is 14.8. The van der Waals surface area contributed by atoms with Crippen LogP contribution in [0.2, 0.25) is 0 Å². The van der Waals surface area contributed by atoms with Gasteiger partial charge in [0.25, 0.3) is 5.56 Å². The van der Waals surface area contributed by atoms with Gasteiger partial charge in [-0.15, -0.1) is 0 Å². The zero-order chi connectivity index (χ0) is 19.0. The zero-order valence-electron chi connectivity index (χ0n) is 14.8. The van der Waals surface area contributed by atoms with E-state index >= 15 is 0 Å². The third kappa shape index (κ3) is 2.91. The predicted molar refractivity (Wildman–Crippen MR) is 101 cm³/mol. The second kappa shape index (κ2) is 6.57. The van der Waals surface area contributed by atoms with Gasteiger partial charge in [-0.1, -0.05) is 12.1 Å². The van der Waals surface area contributed by atoms with Crippen molar-refractivity contribution in [2.45, 2.75) is 19.8 Å². The third-order valence-electron chi connectivity index (χ3n) is 4.72. The molecule has 7 heteroatoms. The van der Waals surface area contributed by atoms with Crippen molar-refractivity contribution in [3.05, 3.63) is 64.2 Å². The topological polar surface area (TPSA) is 94.8 Å². The summed E-state index contributed by atoms with van der Waals surface area (Å²) in [6, 6.07) is 12.5. The number of benzene rings is 1. The van der Waals surface area contributed by atoms with Crippen LogP contribution in [-0.4, -0.2) is 27.2 Å². The Morgan fingerprint density at radius 1 is 1.15 bits per heavy atom. The van der Waals surface area contributed by atoms with Crippen molar-refractivity contribution in [2.75, 3.05) is 11.4 Å². The first-order chi connectivity index (χ1) is 13.1. The van der Waals surface area contributed by atoms with Gasteiger partial charge < -0.3 is 4.90 Å². The van der Waals surface area contributed by atoms with Crippen molar-refractivity contribution in [1.29, 1.82) is 5.26 Å². The SMILES string of the molecule is Cc1[nH]n(-c2ccc(N3CCCC3=O)cn2)c(=O)c1-c1ccc(C#N)cc1. The van der Waals surface area contributed by atoms with Crippen LogP contribution in [0.1, 0.15) is 24.1 Å². The van der Waals surface area contributed by atoms with Crippen molar-refractivity contribution in [1.82, 2.24) is 14.8 Å². The van der Waals surface area contributed by atoms with Crippen molar-refractivity contribution in [2.24, 2.45) is 0 Å². The smallest absolute Gasteiger partial charge is 0.280 e. The lowest BCUT2D eigenvalue weighted by Crippen LogP contribution is -2.24. The van der Waals surface area contributed by atoms with Crippen LogP contribution in [-0.2, 0) is 4.79 Å². The quantitative estimate of drug-likeness (QED) is 0.777. The summed E-state index contributed by atoms with van der Waals surface area (Å²) < 4.78 is 1.39. The minimum atomic E-state index is -0.213. The van der Waals surface area contributed by atoms with Crippen LogP contribution < -0.4 is 10.5 Å². The van der Waals surface area contributed by atoms with Crippen LogP contribution in [0, 0.1) is 18.3 Å². The number of anilines is 1. The van der Waals surface area contributed by atoms with Crippen LogP contribution in [0.15, 0.2) is 47.4 Å². The average Bonchev–Trinajstić information content (AvgIpc) is 3.25. The Labute approximate surface area is 155 Å². The number of amides is 1. The first kappa shape index (κ1) is 16.8. The minimum Gasteiger partial charge on any atom is -0.311 e. The molecule has 0 aliphatic carbocycles. The lowest BCUT2D eigenvalue weighted by molar-refractivity contribution is -0.117. The van der Waals surface area contributed by atoms with Crippen LogP contribution >= 0.6 is 0 Å². The van der Waals surface area contributed by atoms with E-state index in [1.165, 1.54) is 4.68 Å². The summed E-state index contributed by atoms with van der Waals surface area (Å²) in [5.41, 5.74) is 3.07. The Kier molecular flexibility index (Phi) is 4.09. The lowest BCUT2D eigenvalue weighted by atomic mass is 10.1. The average molecular weight is 359 g/mol. The molecular weight excluding hydrogens is 342 g/mol. The first-order valence-electron chi connectivity index (χ1n) is 8.67. The number of nitriles is 1. The number of aryl methyl sites for hydroxylation is 1. The highest BCUT2D eigenvalue weighted by molar-refractivity contribution is 5.95. The molecule has 2 aromatic heterocycles. The Balaban J connectivity index is 1.70. The summed E-state index contributed by atoms with van der Waals surface area (Å²) in [5, 5.41) is 12.0. The summed E-state index contributed by atoms with van der Waals surface area (Å²) in [6.07, 6.45) is 3.03. The summed E-state index contributed by atoms with van der Waals surface area (Å²) >= 11 is 0. The van der Waals surface area contributed by atoms with E-state index in [0.29, 0.717) is 35.6 Å². The summed E-state index contributed by atoms with van der Waals surface area (Å²) in [6.45, 7) is 2.52. The third-order valence-corrected chi connectivity index (χ3v) is 4.72. The minimum absolute atomic E-state index is 0.0977. The summed E-state index contributed by atoms with van der Waals surface area (Å²) in [7, 11) is 0. The highest BCUT2D eigenvalue weighted by atomic mass is 16.2. The standard InChI is InChI=1S/C20H17N5O2/c1-13-19(15-6-4-14(11-21)5-7-15)20(27)25(23-13)17-9-8-16(12-22-17)24-10-2-3-18(24)26/h4-9,12,23H,2-3,10H2,1H3. The molecule has 1 aliphatic heterocycles. The molecule has 3 heterocycles. The Bertz CT molecular complexity index is 1100. The molecule has 1 N–H and O–H groups in total. The number of H-pyrrole nitrogens is 1. The molecule has 1 saturated heterocycles. The van der Waals surface area contributed by atoms with E-state index in [2.05, 4.69) is 16.2 Å². The van der Waals surface area contributed by atoms with Gasteiger partial charge in [-0.05, 0) is 43.2 Å². The van der Waals surface area contributed by atoms with Crippen LogP contribution in [0.25, 0.3) is 16.9 Å². The number of nitrogens with one attached hydrogen (secondary N) is 1. The molecule has 0 spiro atoms. The number of rotatable bonds is 3. The van der Waals surface area contributed by atoms with E-state index < -0.39 is 0 Å². The molecule has 1 amide bonds. The second-order valence-corrected chi connectivity index (χ2v) is 6.47. The number of carbonyl (C=O) groups excluding carboxylic acids is 1. The highest BCUT2D eigenvalue weighted by Crippen LogP contribution is 2.22. The number of hydrogen-bond acceptors (Lipinski definition) is 4. The number of hydrogen-bond donors (Lipinski definition) is 1. The van der Waals surface area contributed by atoms with Gasteiger partial charge >= 0.3 is 0 Å². The summed E-state index contributed by atoms with van der Waals surface area (Å²) in [4.78, 5) is 30.8. The Morgan fingerprint density at radius 3 is 2.52 bits per heavy atom. The maximum absolute atomic E-state index is 12.9. The predicted octanol–water partition coefficient (Wildman–Crippen LogP) is 2.53. The Hall–Kier alpha value is -3.66. The van der Waals surface area contributed by atoms with Crippen molar-refractivity contribution >= 4 is 11.6 Å². The van der Waals surface area contributed by atoms with Crippen LogP contribution in [0.5, 0.6) is 0 Å². The van der Waals surface area contributed by atoms with Gasteiger partial charge in [-0.3, -0.25) is 14.7 Å². The molecule has 0 radical (unpaired) electrons. The normalized spacial score (nSPS) is 13.8. The summed E-state index contributed by atoms with van der Waals surface area (Å²) in [5.74, 6) is 0.555. The first-order valence-corrected chi connectivity index (χ1v) is 8.67. The highest BCUT2D eigenvalue weighted by Gasteiger charge is 2.22. The van der Waals surface area contributed by atoms with Gasteiger partial charge in [0.05, 0.1) is 29.1 Å². The van der Waals surface area contributed by atoms with Crippen molar-refractivity contribution < 1.29 is 4.79 Å². The van der Waals surface area contributed by atoms with Gasteiger partial charge in [0.1, 0.15) is 0 Å². The van der Waals surface area contributed by atoms with E-state index in [0.717, 1.165) is 17.7 Å². The van der Waals surface area contributed by atoms with E-state index in [1.807, 2.05) is 6.92 Å². The van der Waals surface area contributed by atoms with Crippen molar-refractivity contribution in [3.8, 4) is 23.0 Å². The van der Waals surface area contributed by atoms with E-state index in [4.69, 9.17) is 5.26 Å². The molecule has 1 aliphatic rings. The monoisotopic (exact) mass is 359 g/mol. The molecule has 27 heavy (non-hydrogen) atoms. The van der Waals surface area contributed by atoms with Gasteiger partial charge in [-0.2, -0.15) is 5.26 Å². The molecule has 0 atom stereocenters. The number of aromatic nitrogens is 3. The molecular formula is C20H17N5O2. The van der Waals surface area contributed by atoms with Crippen LogP contribution in [0.4, 0.5) is 5.69 Å². The number of aromatic amines is 1. The molecule has 0 unspecified atom stereocenters. The van der Waals surface area contributed by atoms with Gasteiger partial charge in [0.2, 0.25) is 5.91 Å². The van der Waals surface area contributed by atoms with E-state index in [1.54, 1.807) is 47.5 Å². The molecule has 134 valence electrons. The van der Waals surface area contributed by atoms with Gasteiger partial charge in [-0.25, -0.2) is 9.67 Å². The Morgan fingerprint density at radius 2 is 1.93 bits per heavy atom. The number of carbonyl (C=O) groups is 1. The van der Waals surface area contributed by atoms with E-state index in [9.17, 15) is 9.59 Å². The van der Waals surface area contributed by atoms with Gasteiger partial charge in [0, 0.05) is 18.7 Å². The number of nitrogens with zero attached hydrogens (tertiary/aromatic N) is 4. The molecule has 4 rings (SSSR count).